The van der Waals surface area contributed by atoms with Gasteiger partial charge in [0.25, 0.3) is 0 Å². The molecule has 1 aliphatic carbocycles. The molecule has 0 bridgehead atoms. The Morgan fingerprint density at radius 2 is 1.93 bits per heavy atom. The summed E-state index contributed by atoms with van der Waals surface area (Å²) in [6.07, 6.45) is 11.9. The minimum absolute atomic E-state index is 0.0833. The molecule has 0 amide bonds. The van der Waals surface area contributed by atoms with Crippen LogP contribution in [-0.4, -0.2) is 29.6 Å². The topological polar surface area (TPSA) is 63.6 Å². The fraction of sp³-hybridized carbons (Fsp3) is 0.833. The number of Topliss-reactive ketones (excluding diaryl/α,β-unsaturated/α-hetero) is 1. The second kappa shape index (κ2) is 15.6. The van der Waals surface area contributed by atoms with Crippen LogP contribution in [0.25, 0.3) is 0 Å². The first-order valence-electron chi connectivity index (χ1n) is 11.4. The minimum atomic E-state index is -0.556. The number of ketones is 1. The minimum Gasteiger partial charge on any atom is -0.466 e. The Morgan fingerprint density at radius 3 is 2.68 bits per heavy atom. The smallest absolute Gasteiger partial charge is 0.305 e. The van der Waals surface area contributed by atoms with Crippen molar-refractivity contribution in [2.24, 2.45) is 11.8 Å². The lowest BCUT2D eigenvalue weighted by Crippen LogP contribution is -2.17. The van der Waals surface area contributed by atoms with Crippen LogP contribution in [-0.2, 0) is 14.3 Å². The van der Waals surface area contributed by atoms with Gasteiger partial charge in [-0.2, -0.15) is 0 Å². The molecule has 1 rings (SSSR count). The summed E-state index contributed by atoms with van der Waals surface area (Å²) < 4.78 is 5.16. The van der Waals surface area contributed by atoms with Crippen molar-refractivity contribution in [1.29, 1.82) is 0 Å². The van der Waals surface area contributed by atoms with E-state index in [2.05, 4.69) is 25.7 Å². The van der Waals surface area contributed by atoms with Crippen LogP contribution in [0.1, 0.15) is 104 Å². The van der Waals surface area contributed by atoms with Crippen LogP contribution in [0, 0.1) is 23.7 Å². The van der Waals surface area contributed by atoms with Gasteiger partial charge in [-0.1, -0.05) is 45.5 Å². The molecule has 1 fully saturated rings. The molecular weight excluding hydrogens is 352 g/mol. The highest BCUT2D eigenvalue weighted by Gasteiger charge is 2.33. The van der Waals surface area contributed by atoms with Crippen LogP contribution in [0.3, 0.4) is 0 Å². The van der Waals surface area contributed by atoms with Crippen LogP contribution in [0.2, 0.25) is 0 Å². The Hall–Kier alpha value is -1.34. The van der Waals surface area contributed by atoms with Gasteiger partial charge in [0.2, 0.25) is 0 Å². The first-order chi connectivity index (χ1) is 13.6. The Labute approximate surface area is 171 Å². The highest BCUT2D eigenvalue weighted by atomic mass is 16.5. The molecule has 160 valence electrons. The van der Waals surface area contributed by atoms with Gasteiger partial charge in [0.15, 0.2) is 0 Å². The Balaban J connectivity index is 2.17. The predicted octanol–water partition coefficient (Wildman–Crippen LogP) is 5.21. The van der Waals surface area contributed by atoms with Crippen molar-refractivity contribution < 1.29 is 19.4 Å². The predicted molar refractivity (Wildman–Crippen MR) is 113 cm³/mol. The molecule has 1 unspecified atom stereocenters. The number of aliphatic hydroxyl groups is 1. The lowest BCUT2D eigenvalue weighted by molar-refractivity contribution is -0.143. The molecule has 1 N–H and O–H groups in total. The van der Waals surface area contributed by atoms with Crippen molar-refractivity contribution >= 4 is 11.8 Å². The zero-order chi connectivity index (χ0) is 20.6. The first-order valence-corrected chi connectivity index (χ1v) is 11.4. The van der Waals surface area contributed by atoms with Gasteiger partial charge in [0, 0.05) is 25.2 Å². The Bertz CT molecular complexity index is 502. The van der Waals surface area contributed by atoms with Gasteiger partial charge in [-0.15, -0.1) is 5.92 Å². The SMILES string of the molecule is CCCC#CC(O)CC[C@H]1CCC(=O)[C@@H]1CCCCCCC(=O)OCCCC. The zero-order valence-corrected chi connectivity index (χ0v) is 18.0. The molecule has 28 heavy (non-hydrogen) atoms. The Kier molecular flexibility index (Phi) is 13.7. The maximum absolute atomic E-state index is 12.2. The van der Waals surface area contributed by atoms with Gasteiger partial charge >= 0.3 is 5.97 Å². The summed E-state index contributed by atoms with van der Waals surface area (Å²) in [5, 5.41) is 9.98. The van der Waals surface area contributed by atoms with Gasteiger partial charge in [0.05, 0.1) is 6.61 Å². The van der Waals surface area contributed by atoms with Crippen molar-refractivity contribution in [3.63, 3.8) is 0 Å². The molecular formula is C24H40O4. The maximum atomic E-state index is 12.2. The van der Waals surface area contributed by atoms with Crippen LogP contribution in [0.15, 0.2) is 0 Å². The van der Waals surface area contributed by atoms with Gasteiger partial charge in [0.1, 0.15) is 11.9 Å². The third-order valence-corrected chi connectivity index (χ3v) is 5.61. The molecule has 0 saturated heterocycles. The summed E-state index contributed by atoms with van der Waals surface area (Å²) in [5.74, 6) is 6.80. The van der Waals surface area contributed by atoms with Crippen molar-refractivity contribution in [2.45, 2.75) is 110 Å². The van der Waals surface area contributed by atoms with Gasteiger partial charge in [-0.3, -0.25) is 9.59 Å². The maximum Gasteiger partial charge on any atom is 0.305 e. The molecule has 0 heterocycles. The number of hydrogen-bond donors (Lipinski definition) is 1. The Morgan fingerprint density at radius 1 is 1.14 bits per heavy atom. The molecule has 0 spiro atoms. The summed E-state index contributed by atoms with van der Waals surface area (Å²) in [5.41, 5.74) is 0. The highest BCUT2D eigenvalue weighted by Crippen LogP contribution is 2.36. The van der Waals surface area contributed by atoms with E-state index < -0.39 is 6.10 Å². The summed E-state index contributed by atoms with van der Waals surface area (Å²) >= 11 is 0. The van der Waals surface area contributed by atoms with Crippen LogP contribution < -0.4 is 0 Å². The van der Waals surface area contributed by atoms with Crippen molar-refractivity contribution in [3.8, 4) is 11.8 Å². The summed E-state index contributed by atoms with van der Waals surface area (Å²) in [7, 11) is 0. The number of esters is 1. The second-order valence-corrected chi connectivity index (χ2v) is 8.06. The molecule has 0 aromatic rings. The molecule has 1 saturated carbocycles. The number of hydrogen-bond acceptors (Lipinski definition) is 4. The van der Waals surface area contributed by atoms with E-state index in [0.29, 0.717) is 37.6 Å². The van der Waals surface area contributed by atoms with E-state index in [1.807, 2.05) is 0 Å². The number of carbonyl (C=O) groups excluding carboxylic acids is 2. The molecule has 3 atom stereocenters. The molecule has 4 nitrogen and oxygen atoms in total. The third-order valence-electron chi connectivity index (χ3n) is 5.61. The normalized spacial score (nSPS) is 19.9. The first kappa shape index (κ1) is 24.7. The average molecular weight is 393 g/mol. The van der Waals surface area contributed by atoms with Crippen molar-refractivity contribution in [1.82, 2.24) is 0 Å². The van der Waals surface area contributed by atoms with Crippen LogP contribution >= 0.6 is 0 Å². The summed E-state index contributed by atoms with van der Waals surface area (Å²) in [6, 6.07) is 0. The average Bonchev–Trinajstić information content (AvgIpc) is 3.03. The van der Waals surface area contributed by atoms with Crippen molar-refractivity contribution in [3.05, 3.63) is 0 Å². The van der Waals surface area contributed by atoms with Gasteiger partial charge in [-0.05, 0) is 50.9 Å². The van der Waals surface area contributed by atoms with E-state index in [4.69, 9.17) is 4.74 Å². The van der Waals surface area contributed by atoms with Crippen LogP contribution in [0.4, 0.5) is 0 Å². The number of carbonyl (C=O) groups is 2. The van der Waals surface area contributed by atoms with Crippen LogP contribution in [0.5, 0.6) is 0 Å². The third kappa shape index (κ3) is 10.9. The number of aliphatic hydroxyl groups excluding tert-OH is 1. The fourth-order valence-corrected chi connectivity index (χ4v) is 3.87. The van der Waals surface area contributed by atoms with E-state index in [0.717, 1.165) is 70.6 Å². The number of ether oxygens (including phenoxy) is 1. The lowest BCUT2D eigenvalue weighted by atomic mass is 9.86. The molecule has 0 aromatic carbocycles. The summed E-state index contributed by atoms with van der Waals surface area (Å²) in [4.78, 5) is 23.8. The van der Waals surface area contributed by atoms with Crippen molar-refractivity contribution in [2.75, 3.05) is 6.61 Å². The monoisotopic (exact) mass is 392 g/mol. The van der Waals surface area contributed by atoms with E-state index in [1.165, 1.54) is 0 Å². The lowest BCUT2D eigenvalue weighted by Gasteiger charge is -2.18. The number of unbranched alkanes of at least 4 members (excludes halogenated alkanes) is 5. The van der Waals surface area contributed by atoms with E-state index >= 15 is 0 Å². The zero-order valence-electron chi connectivity index (χ0n) is 18.0. The molecule has 1 aliphatic rings. The molecule has 0 radical (unpaired) electrons. The standard InChI is InChI=1S/C24H40O4/c1-3-5-9-12-21(25)17-15-20-16-18-23(26)22(20)13-10-7-8-11-14-24(27)28-19-6-4-2/h20-22,25H,3-8,10-11,13-19H2,1-2H3/t20-,21?,22+/m0/s1. The molecule has 4 heteroatoms. The molecule has 0 aromatic heterocycles. The molecule has 0 aliphatic heterocycles. The van der Waals surface area contributed by atoms with E-state index in [9.17, 15) is 14.7 Å². The number of rotatable bonds is 14. The fourth-order valence-electron chi connectivity index (χ4n) is 3.87. The summed E-state index contributed by atoms with van der Waals surface area (Å²) in [6.45, 7) is 4.70. The van der Waals surface area contributed by atoms with Gasteiger partial charge in [-0.25, -0.2) is 0 Å². The van der Waals surface area contributed by atoms with E-state index in [1.54, 1.807) is 0 Å². The van der Waals surface area contributed by atoms with E-state index in [-0.39, 0.29) is 11.9 Å². The highest BCUT2D eigenvalue weighted by molar-refractivity contribution is 5.83. The van der Waals surface area contributed by atoms with Gasteiger partial charge < -0.3 is 9.84 Å². The second-order valence-electron chi connectivity index (χ2n) is 8.06. The quantitative estimate of drug-likeness (QED) is 0.250. The largest absolute Gasteiger partial charge is 0.466 e.